The number of hydrogen-bond donors (Lipinski definition) is 0. The van der Waals surface area contributed by atoms with Crippen LogP contribution in [0.2, 0.25) is 0 Å². The van der Waals surface area contributed by atoms with E-state index >= 15 is 0 Å². The fourth-order valence-electron chi connectivity index (χ4n) is 3.72. The molecular formula is C24H25FN4O5S. The van der Waals surface area contributed by atoms with E-state index in [4.69, 9.17) is 9.47 Å². The third kappa shape index (κ3) is 6.17. The maximum absolute atomic E-state index is 14.4. The smallest absolute Gasteiger partial charge is 0.229 e. The minimum absolute atomic E-state index is 0.0528. The van der Waals surface area contributed by atoms with Gasteiger partial charge in [0.15, 0.2) is 27.2 Å². The molecule has 0 spiro atoms. The number of halogens is 1. The predicted octanol–water partition coefficient (Wildman–Crippen LogP) is 3.24. The first-order valence-corrected chi connectivity index (χ1v) is 12.9. The van der Waals surface area contributed by atoms with Crippen LogP contribution in [0.15, 0.2) is 53.9 Å². The molecule has 0 bridgehead atoms. The van der Waals surface area contributed by atoms with Gasteiger partial charge in [0.25, 0.3) is 0 Å². The second-order valence-corrected chi connectivity index (χ2v) is 10.3. The molecule has 1 fully saturated rings. The SMILES string of the molecule is Cc1c(Oc2ccc(S(C)(=O)=O)cc2F)ncnc1OC1CCN(CC(=O)c2ccncc2)CC1. The highest BCUT2D eigenvalue weighted by atomic mass is 32.2. The Hall–Kier alpha value is -3.44. The van der Waals surface area contributed by atoms with Crippen molar-refractivity contribution < 1.29 is 27.1 Å². The van der Waals surface area contributed by atoms with Crippen LogP contribution in [0.5, 0.6) is 17.5 Å². The number of aromatic nitrogens is 3. The molecule has 0 aliphatic carbocycles. The van der Waals surface area contributed by atoms with Crippen LogP contribution in [0, 0.1) is 12.7 Å². The molecule has 9 nitrogen and oxygen atoms in total. The molecule has 35 heavy (non-hydrogen) atoms. The van der Waals surface area contributed by atoms with Crippen molar-refractivity contribution in [2.24, 2.45) is 0 Å². The summed E-state index contributed by atoms with van der Waals surface area (Å²) in [5, 5.41) is 0. The lowest BCUT2D eigenvalue weighted by atomic mass is 10.1. The van der Waals surface area contributed by atoms with E-state index in [0.717, 1.165) is 12.3 Å². The first-order valence-electron chi connectivity index (χ1n) is 11.0. The van der Waals surface area contributed by atoms with Gasteiger partial charge in [-0.2, -0.15) is 0 Å². The molecule has 3 heterocycles. The molecule has 0 atom stereocenters. The van der Waals surface area contributed by atoms with E-state index in [9.17, 15) is 17.6 Å². The van der Waals surface area contributed by atoms with Crippen molar-refractivity contribution in [1.29, 1.82) is 0 Å². The Morgan fingerprint density at radius 2 is 1.80 bits per heavy atom. The number of pyridine rings is 1. The molecule has 0 radical (unpaired) electrons. The number of rotatable bonds is 8. The number of hydrogen-bond acceptors (Lipinski definition) is 9. The number of Topliss-reactive ketones (excluding diaryl/α,β-unsaturated/α-hetero) is 1. The quantitative estimate of drug-likeness (QED) is 0.430. The summed E-state index contributed by atoms with van der Waals surface area (Å²) in [5.74, 6) is -0.479. The summed E-state index contributed by atoms with van der Waals surface area (Å²) in [6.07, 6.45) is 6.81. The summed E-state index contributed by atoms with van der Waals surface area (Å²) < 4.78 is 49.3. The monoisotopic (exact) mass is 500 g/mol. The molecule has 4 rings (SSSR count). The largest absolute Gasteiger partial charge is 0.474 e. The number of sulfone groups is 1. The predicted molar refractivity (Wildman–Crippen MR) is 125 cm³/mol. The molecule has 3 aromatic rings. The molecule has 184 valence electrons. The van der Waals surface area contributed by atoms with Gasteiger partial charge < -0.3 is 9.47 Å². The lowest BCUT2D eigenvalue weighted by Gasteiger charge is -2.31. The number of carbonyl (C=O) groups is 1. The van der Waals surface area contributed by atoms with Gasteiger partial charge in [-0.15, -0.1) is 0 Å². The topological polar surface area (TPSA) is 112 Å². The molecule has 1 saturated heterocycles. The van der Waals surface area contributed by atoms with Gasteiger partial charge in [-0.25, -0.2) is 22.8 Å². The van der Waals surface area contributed by atoms with Crippen molar-refractivity contribution in [1.82, 2.24) is 19.9 Å². The molecule has 11 heteroatoms. The Balaban J connectivity index is 1.36. The van der Waals surface area contributed by atoms with Crippen LogP contribution in [0.3, 0.4) is 0 Å². The highest BCUT2D eigenvalue weighted by Gasteiger charge is 2.24. The van der Waals surface area contributed by atoms with Crippen LogP contribution < -0.4 is 9.47 Å². The number of ketones is 1. The van der Waals surface area contributed by atoms with Crippen LogP contribution in [-0.4, -0.2) is 66.0 Å². The molecule has 0 unspecified atom stereocenters. The van der Waals surface area contributed by atoms with Gasteiger partial charge in [0.2, 0.25) is 11.8 Å². The van der Waals surface area contributed by atoms with E-state index in [-0.39, 0.29) is 28.4 Å². The second kappa shape index (κ2) is 10.4. The number of likely N-dealkylation sites (tertiary alicyclic amines) is 1. The Bertz CT molecular complexity index is 1310. The van der Waals surface area contributed by atoms with Gasteiger partial charge >= 0.3 is 0 Å². The summed E-state index contributed by atoms with van der Waals surface area (Å²) in [6, 6.07) is 6.85. The zero-order valence-corrected chi connectivity index (χ0v) is 20.2. The van der Waals surface area contributed by atoms with Crippen molar-refractivity contribution in [3.05, 3.63) is 66.0 Å². The van der Waals surface area contributed by atoms with Crippen LogP contribution in [-0.2, 0) is 9.84 Å². The van der Waals surface area contributed by atoms with Crippen molar-refractivity contribution in [2.45, 2.75) is 30.8 Å². The van der Waals surface area contributed by atoms with Gasteiger partial charge in [-0.05, 0) is 50.1 Å². The van der Waals surface area contributed by atoms with E-state index in [2.05, 4.69) is 19.9 Å². The number of benzene rings is 1. The Labute approximate surface area is 202 Å². The lowest BCUT2D eigenvalue weighted by molar-refractivity contribution is 0.0774. The molecule has 0 amide bonds. The van der Waals surface area contributed by atoms with E-state index in [1.54, 1.807) is 31.5 Å². The molecule has 1 aliphatic rings. The van der Waals surface area contributed by atoms with Crippen LogP contribution in [0.4, 0.5) is 4.39 Å². The molecular weight excluding hydrogens is 475 g/mol. The number of carbonyl (C=O) groups excluding carboxylic acids is 1. The number of ether oxygens (including phenoxy) is 2. The first kappa shape index (κ1) is 24.7. The van der Waals surface area contributed by atoms with Gasteiger partial charge in [0, 0.05) is 37.3 Å². The van der Waals surface area contributed by atoms with Gasteiger partial charge in [0.05, 0.1) is 17.0 Å². The average molecular weight is 501 g/mol. The summed E-state index contributed by atoms with van der Waals surface area (Å²) in [6.45, 7) is 3.45. The van der Waals surface area contributed by atoms with Gasteiger partial charge in [-0.3, -0.25) is 14.7 Å². The zero-order valence-electron chi connectivity index (χ0n) is 19.3. The number of piperidine rings is 1. The normalized spacial score (nSPS) is 15.1. The van der Waals surface area contributed by atoms with E-state index in [0.29, 0.717) is 49.5 Å². The minimum Gasteiger partial charge on any atom is -0.474 e. The van der Waals surface area contributed by atoms with Crippen LogP contribution in [0.25, 0.3) is 0 Å². The molecule has 0 N–H and O–H groups in total. The van der Waals surface area contributed by atoms with Crippen molar-refractivity contribution >= 4 is 15.6 Å². The van der Waals surface area contributed by atoms with Gasteiger partial charge in [0.1, 0.15) is 12.4 Å². The number of nitrogens with zero attached hydrogens (tertiary/aromatic N) is 4. The van der Waals surface area contributed by atoms with Crippen molar-refractivity contribution in [3.8, 4) is 17.5 Å². The van der Waals surface area contributed by atoms with Crippen molar-refractivity contribution in [3.63, 3.8) is 0 Å². The maximum Gasteiger partial charge on any atom is 0.229 e. The maximum atomic E-state index is 14.4. The van der Waals surface area contributed by atoms with E-state index < -0.39 is 15.7 Å². The highest BCUT2D eigenvalue weighted by molar-refractivity contribution is 7.90. The zero-order chi connectivity index (χ0) is 25.0. The standard InChI is InChI=1S/C24H25FN4O5S/c1-16-23(27-15-28-24(16)34-22-4-3-19(13-20(22)25)35(2,31)32)33-18-7-11-29(12-8-18)14-21(30)17-5-9-26-10-6-17/h3-6,9-10,13,15,18H,7-8,11-12,14H2,1-2H3. The third-order valence-corrected chi connectivity index (χ3v) is 6.82. The molecule has 1 aromatic carbocycles. The fraction of sp³-hybridized carbons (Fsp3) is 0.333. The Kier molecular flexibility index (Phi) is 7.37. The molecule has 0 saturated carbocycles. The average Bonchev–Trinajstić information content (AvgIpc) is 2.84. The first-order chi connectivity index (χ1) is 16.7. The van der Waals surface area contributed by atoms with E-state index in [1.807, 2.05) is 0 Å². The van der Waals surface area contributed by atoms with Crippen LogP contribution in [0.1, 0.15) is 28.8 Å². The third-order valence-electron chi connectivity index (χ3n) is 5.71. The summed E-state index contributed by atoms with van der Waals surface area (Å²) in [4.78, 5) is 26.6. The Morgan fingerprint density at radius 1 is 1.11 bits per heavy atom. The summed E-state index contributed by atoms with van der Waals surface area (Å²) in [7, 11) is -3.54. The second-order valence-electron chi connectivity index (χ2n) is 8.33. The summed E-state index contributed by atoms with van der Waals surface area (Å²) in [5.41, 5.74) is 1.14. The molecule has 2 aromatic heterocycles. The van der Waals surface area contributed by atoms with Gasteiger partial charge in [-0.1, -0.05) is 0 Å². The van der Waals surface area contributed by atoms with E-state index in [1.165, 1.54) is 18.5 Å². The molecule has 1 aliphatic heterocycles. The highest BCUT2D eigenvalue weighted by Crippen LogP contribution is 2.31. The van der Waals surface area contributed by atoms with Crippen LogP contribution >= 0.6 is 0 Å². The fourth-order valence-corrected chi connectivity index (χ4v) is 4.35. The Morgan fingerprint density at radius 3 is 2.46 bits per heavy atom. The van der Waals surface area contributed by atoms with Crippen molar-refractivity contribution in [2.75, 3.05) is 25.9 Å². The lowest BCUT2D eigenvalue weighted by Crippen LogP contribution is -2.41. The summed E-state index contributed by atoms with van der Waals surface area (Å²) >= 11 is 0. The minimum atomic E-state index is -3.54.